The third-order valence-corrected chi connectivity index (χ3v) is 4.73. The first-order valence-corrected chi connectivity index (χ1v) is 9.31. The molecule has 0 radical (unpaired) electrons. The molecule has 3 aromatic rings. The predicted octanol–water partition coefficient (Wildman–Crippen LogP) is 5.69. The molecule has 0 saturated heterocycles. The van der Waals surface area contributed by atoms with Crippen LogP contribution in [0, 0.1) is 0 Å². The van der Waals surface area contributed by atoms with E-state index in [1.165, 1.54) is 27.5 Å². The van der Waals surface area contributed by atoms with Gasteiger partial charge in [-0.15, -0.1) is 0 Å². The first kappa shape index (κ1) is 16.6. The number of allylic oxidation sites excluding steroid dienone is 1. The highest BCUT2D eigenvalue weighted by atomic mass is 16.5. The Kier molecular flexibility index (Phi) is 4.83. The molecule has 0 fully saturated rings. The largest absolute Gasteiger partial charge is 0.494 e. The minimum atomic E-state index is 0.765. The molecule has 1 aliphatic rings. The molecule has 0 saturated carbocycles. The van der Waals surface area contributed by atoms with Crippen molar-refractivity contribution >= 4 is 22.6 Å². The summed E-state index contributed by atoms with van der Waals surface area (Å²) in [6.45, 7) is 3.72. The molecule has 0 unspecified atom stereocenters. The normalized spacial score (nSPS) is 13.7. The van der Waals surface area contributed by atoms with E-state index in [0.29, 0.717) is 0 Å². The number of ether oxygens (including phenoxy) is 1. The molecule has 0 bridgehead atoms. The summed E-state index contributed by atoms with van der Waals surface area (Å²) in [5, 5.41) is 2.53. The Morgan fingerprint density at radius 1 is 1.00 bits per heavy atom. The van der Waals surface area contributed by atoms with Gasteiger partial charge in [0.1, 0.15) is 5.75 Å². The molecular formula is C24H23NO. The second-order valence-electron chi connectivity index (χ2n) is 6.59. The Bertz CT molecular complexity index is 979. The highest BCUT2D eigenvalue weighted by Crippen LogP contribution is 2.24. The molecule has 130 valence electrons. The third-order valence-electron chi connectivity index (χ3n) is 4.73. The molecule has 0 amide bonds. The van der Waals surface area contributed by atoms with E-state index in [2.05, 4.69) is 79.7 Å². The van der Waals surface area contributed by atoms with Crippen LogP contribution >= 0.6 is 0 Å². The summed E-state index contributed by atoms with van der Waals surface area (Å²) in [5.74, 6) is 0.963. The first-order chi connectivity index (χ1) is 12.8. The number of hydrogen-bond acceptors (Lipinski definition) is 2. The number of nitrogens with zero attached hydrogens (tertiary/aromatic N) is 1. The SMILES string of the molecule is CCCOc1ccc2c(c1)CCN=C2C=Cc1cccc2ccccc12. The molecule has 0 aromatic heterocycles. The second kappa shape index (κ2) is 7.57. The summed E-state index contributed by atoms with van der Waals surface area (Å²) in [5.41, 5.74) is 4.82. The van der Waals surface area contributed by atoms with Crippen molar-refractivity contribution in [3.63, 3.8) is 0 Å². The van der Waals surface area contributed by atoms with Gasteiger partial charge >= 0.3 is 0 Å². The number of aliphatic imine (C=N–C) groups is 1. The van der Waals surface area contributed by atoms with Gasteiger partial charge in [0.2, 0.25) is 0 Å². The van der Waals surface area contributed by atoms with Gasteiger partial charge in [-0.25, -0.2) is 0 Å². The number of benzene rings is 3. The van der Waals surface area contributed by atoms with Gasteiger partial charge < -0.3 is 4.74 Å². The van der Waals surface area contributed by atoms with E-state index in [9.17, 15) is 0 Å². The van der Waals surface area contributed by atoms with E-state index in [0.717, 1.165) is 37.5 Å². The van der Waals surface area contributed by atoms with E-state index in [1.807, 2.05) is 0 Å². The average Bonchev–Trinajstić information content (AvgIpc) is 2.70. The Morgan fingerprint density at radius 2 is 1.88 bits per heavy atom. The Labute approximate surface area is 154 Å². The van der Waals surface area contributed by atoms with Crippen molar-refractivity contribution in [2.45, 2.75) is 19.8 Å². The van der Waals surface area contributed by atoms with Crippen LogP contribution in [0.3, 0.4) is 0 Å². The molecule has 0 spiro atoms. The summed E-state index contributed by atoms with van der Waals surface area (Å²) >= 11 is 0. The summed E-state index contributed by atoms with van der Waals surface area (Å²) in [6, 6.07) is 21.3. The lowest BCUT2D eigenvalue weighted by molar-refractivity contribution is 0.317. The van der Waals surface area contributed by atoms with Gasteiger partial charge in [-0.2, -0.15) is 0 Å². The first-order valence-electron chi connectivity index (χ1n) is 9.31. The lowest BCUT2D eigenvalue weighted by Gasteiger charge is -2.16. The monoisotopic (exact) mass is 341 g/mol. The maximum atomic E-state index is 5.78. The van der Waals surface area contributed by atoms with Gasteiger partial charge in [0.15, 0.2) is 0 Å². The van der Waals surface area contributed by atoms with Crippen molar-refractivity contribution in [3.8, 4) is 5.75 Å². The molecular weight excluding hydrogens is 318 g/mol. The second-order valence-corrected chi connectivity index (χ2v) is 6.59. The fraction of sp³-hybridized carbons (Fsp3) is 0.208. The van der Waals surface area contributed by atoms with Crippen molar-refractivity contribution in [1.29, 1.82) is 0 Å². The molecule has 3 aromatic carbocycles. The predicted molar refractivity (Wildman–Crippen MR) is 110 cm³/mol. The summed E-state index contributed by atoms with van der Waals surface area (Å²) < 4.78 is 5.78. The number of rotatable bonds is 5. The minimum Gasteiger partial charge on any atom is -0.494 e. The Morgan fingerprint density at radius 3 is 2.81 bits per heavy atom. The standard InChI is InChI=1S/C24H23NO/c1-2-16-26-21-11-12-23-20(17-21)14-15-25-24(23)13-10-19-8-5-7-18-6-3-4-9-22(18)19/h3-13,17H,2,14-16H2,1H3. The van der Waals surface area contributed by atoms with E-state index in [4.69, 9.17) is 9.73 Å². The zero-order chi connectivity index (χ0) is 17.8. The van der Waals surface area contributed by atoms with Crippen LogP contribution in [-0.4, -0.2) is 18.9 Å². The zero-order valence-corrected chi connectivity index (χ0v) is 15.1. The van der Waals surface area contributed by atoms with E-state index < -0.39 is 0 Å². The summed E-state index contributed by atoms with van der Waals surface area (Å²) in [7, 11) is 0. The van der Waals surface area contributed by atoms with E-state index in [1.54, 1.807) is 0 Å². The smallest absolute Gasteiger partial charge is 0.119 e. The van der Waals surface area contributed by atoms with E-state index in [-0.39, 0.29) is 0 Å². The average molecular weight is 341 g/mol. The van der Waals surface area contributed by atoms with Crippen molar-refractivity contribution in [1.82, 2.24) is 0 Å². The van der Waals surface area contributed by atoms with Crippen LogP contribution in [0.1, 0.15) is 30.0 Å². The quantitative estimate of drug-likeness (QED) is 0.584. The highest BCUT2D eigenvalue weighted by Gasteiger charge is 2.13. The summed E-state index contributed by atoms with van der Waals surface area (Å²) in [6.07, 6.45) is 6.33. The van der Waals surface area contributed by atoms with Gasteiger partial charge in [0.05, 0.1) is 12.3 Å². The van der Waals surface area contributed by atoms with Crippen LogP contribution in [0.2, 0.25) is 0 Å². The minimum absolute atomic E-state index is 0.765. The zero-order valence-electron chi connectivity index (χ0n) is 15.1. The highest BCUT2D eigenvalue weighted by molar-refractivity contribution is 6.13. The maximum Gasteiger partial charge on any atom is 0.119 e. The fourth-order valence-electron chi connectivity index (χ4n) is 3.43. The van der Waals surface area contributed by atoms with Crippen LogP contribution in [0.15, 0.2) is 71.7 Å². The molecule has 2 nitrogen and oxygen atoms in total. The van der Waals surface area contributed by atoms with Gasteiger partial charge in [0, 0.05) is 12.1 Å². The van der Waals surface area contributed by atoms with Crippen LogP contribution in [0.4, 0.5) is 0 Å². The molecule has 4 rings (SSSR count). The van der Waals surface area contributed by atoms with Crippen molar-refractivity contribution in [2.75, 3.05) is 13.2 Å². The molecule has 0 atom stereocenters. The molecule has 1 heterocycles. The Hall–Kier alpha value is -2.87. The van der Waals surface area contributed by atoms with Crippen molar-refractivity contribution < 1.29 is 4.74 Å². The van der Waals surface area contributed by atoms with Crippen molar-refractivity contribution in [2.24, 2.45) is 4.99 Å². The third kappa shape index (κ3) is 3.41. The van der Waals surface area contributed by atoms with Crippen LogP contribution in [0.5, 0.6) is 5.75 Å². The lowest BCUT2D eigenvalue weighted by atomic mass is 9.96. The molecule has 0 aliphatic carbocycles. The van der Waals surface area contributed by atoms with Gasteiger partial charge in [-0.1, -0.05) is 55.5 Å². The van der Waals surface area contributed by atoms with Crippen LogP contribution in [0.25, 0.3) is 16.8 Å². The van der Waals surface area contributed by atoms with E-state index >= 15 is 0 Å². The van der Waals surface area contributed by atoms with Crippen LogP contribution < -0.4 is 4.74 Å². The molecule has 2 heteroatoms. The number of fused-ring (bicyclic) bond motifs is 2. The summed E-state index contributed by atoms with van der Waals surface area (Å²) in [4.78, 5) is 4.75. The van der Waals surface area contributed by atoms with Gasteiger partial charge in [-0.3, -0.25) is 4.99 Å². The molecule has 26 heavy (non-hydrogen) atoms. The lowest BCUT2D eigenvalue weighted by Crippen LogP contribution is -2.11. The maximum absolute atomic E-state index is 5.78. The van der Waals surface area contributed by atoms with Gasteiger partial charge in [-0.05, 0) is 59.0 Å². The fourth-order valence-corrected chi connectivity index (χ4v) is 3.43. The number of hydrogen-bond donors (Lipinski definition) is 0. The Balaban J connectivity index is 1.63. The van der Waals surface area contributed by atoms with Gasteiger partial charge in [0.25, 0.3) is 0 Å². The van der Waals surface area contributed by atoms with Crippen molar-refractivity contribution in [3.05, 3.63) is 83.4 Å². The topological polar surface area (TPSA) is 21.6 Å². The molecule has 1 aliphatic heterocycles. The molecule has 0 N–H and O–H groups in total. The van der Waals surface area contributed by atoms with Crippen LogP contribution in [-0.2, 0) is 6.42 Å².